The van der Waals surface area contributed by atoms with Gasteiger partial charge in [0.15, 0.2) is 0 Å². The number of carbonyl (C=O) groups excluding carboxylic acids is 1. The zero-order valence-corrected chi connectivity index (χ0v) is 17.3. The minimum absolute atomic E-state index is 0.0140. The van der Waals surface area contributed by atoms with Crippen LogP contribution >= 0.6 is 0 Å². The lowest BCUT2D eigenvalue weighted by atomic mass is 10.2. The monoisotopic (exact) mass is 427 g/mol. The fraction of sp³-hybridized carbons (Fsp3) is 0.381. The standard InChI is InChI=1S/C21H23F2N7O/c1-13-15(22)9-14(10-16(13)23)29-11-17(25-12-29)21(4-5-21)27-19-24-6-3-18(26-19)30-8-7-28(2)20(30)31/h3,6,9-11,25H,4-5,7-8,12H2,1-2H3,(H,24,26,27). The Labute approximate surface area is 178 Å². The smallest absolute Gasteiger partial charge is 0.325 e. The predicted molar refractivity (Wildman–Crippen MR) is 113 cm³/mol. The Kier molecular flexibility index (Phi) is 4.45. The molecule has 2 fully saturated rings. The second-order valence-electron chi connectivity index (χ2n) is 8.18. The van der Waals surface area contributed by atoms with Gasteiger partial charge in [0, 0.05) is 43.8 Å². The van der Waals surface area contributed by atoms with E-state index in [0.29, 0.717) is 37.2 Å². The number of hydrogen-bond acceptors (Lipinski definition) is 6. The van der Waals surface area contributed by atoms with Crippen molar-refractivity contribution in [3.05, 3.63) is 53.5 Å². The fourth-order valence-electron chi connectivity index (χ4n) is 3.89. The van der Waals surface area contributed by atoms with Gasteiger partial charge in [-0.1, -0.05) is 0 Å². The van der Waals surface area contributed by atoms with Crippen LogP contribution in [0.5, 0.6) is 0 Å². The first kappa shape index (κ1) is 19.5. The highest BCUT2D eigenvalue weighted by Gasteiger charge is 2.48. The van der Waals surface area contributed by atoms with E-state index in [4.69, 9.17) is 0 Å². The second-order valence-corrected chi connectivity index (χ2v) is 8.18. The minimum atomic E-state index is -0.566. The maximum atomic E-state index is 14.0. The SMILES string of the molecule is Cc1c(F)cc(N2C=C(C3(Nc4nccc(N5CCN(C)C5=O)n4)CC3)NC2)cc1F. The molecule has 10 heteroatoms. The number of hydrogen-bond donors (Lipinski definition) is 2. The van der Waals surface area contributed by atoms with Gasteiger partial charge in [0.25, 0.3) is 0 Å². The topological polar surface area (TPSA) is 76.6 Å². The van der Waals surface area contributed by atoms with E-state index in [1.54, 1.807) is 34.0 Å². The quantitative estimate of drug-likeness (QED) is 0.764. The van der Waals surface area contributed by atoms with E-state index in [-0.39, 0.29) is 17.1 Å². The Morgan fingerprint density at radius 3 is 2.58 bits per heavy atom. The van der Waals surface area contributed by atoms with Crippen LogP contribution in [0.2, 0.25) is 0 Å². The van der Waals surface area contributed by atoms with Crippen LogP contribution in [0, 0.1) is 18.6 Å². The summed E-state index contributed by atoms with van der Waals surface area (Å²) >= 11 is 0. The molecule has 2 aromatic rings. The van der Waals surface area contributed by atoms with Crippen LogP contribution in [0.4, 0.5) is 31.0 Å². The van der Waals surface area contributed by atoms with Crippen molar-refractivity contribution in [3.63, 3.8) is 0 Å². The van der Waals surface area contributed by atoms with E-state index in [1.807, 2.05) is 6.20 Å². The second kappa shape index (κ2) is 7.07. The first-order valence-electron chi connectivity index (χ1n) is 10.2. The molecule has 1 aromatic heterocycles. The van der Waals surface area contributed by atoms with Gasteiger partial charge in [-0.3, -0.25) is 4.90 Å². The molecule has 31 heavy (non-hydrogen) atoms. The molecule has 2 aliphatic heterocycles. The van der Waals surface area contributed by atoms with Gasteiger partial charge in [-0.05, 0) is 38.0 Å². The lowest BCUT2D eigenvalue weighted by Gasteiger charge is -2.20. The number of urea groups is 1. The van der Waals surface area contributed by atoms with Crippen LogP contribution in [-0.2, 0) is 0 Å². The van der Waals surface area contributed by atoms with Crippen LogP contribution in [0.3, 0.4) is 0 Å². The number of carbonyl (C=O) groups is 1. The number of benzene rings is 1. The number of anilines is 3. The molecule has 0 unspecified atom stereocenters. The average Bonchev–Trinajstić information content (AvgIpc) is 3.20. The molecule has 1 aliphatic carbocycles. The van der Waals surface area contributed by atoms with Gasteiger partial charge >= 0.3 is 6.03 Å². The van der Waals surface area contributed by atoms with Crippen molar-refractivity contribution in [1.29, 1.82) is 0 Å². The molecular weight excluding hydrogens is 404 g/mol. The van der Waals surface area contributed by atoms with E-state index in [1.165, 1.54) is 19.1 Å². The minimum Gasteiger partial charge on any atom is -0.368 e. The van der Waals surface area contributed by atoms with E-state index >= 15 is 0 Å². The number of likely N-dealkylation sites (N-methyl/N-ethyl adjacent to an activating group) is 1. The normalized spacial score (nSPS) is 19.5. The third kappa shape index (κ3) is 3.41. The number of nitrogens with zero attached hydrogens (tertiary/aromatic N) is 5. The van der Waals surface area contributed by atoms with Gasteiger partial charge < -0.3 is 20.4 Å². The Hall–Kier alpha value is -3.43. The maximum Gasteiger partial charge on any atom is 0.325 e. The Balaban J connectivity index is 1.35. The van der Waals surface area contributed by atoms with Crippen LogP contribution in [0.15, 0.2) is 36.3 Å². The third-order valence-corrected chi connectivity index (χ3v) is 6.07. The Morgan fingerprint density at radius 2 is 1.94 bits per heavy atom. The Morgan fingerprint density at radius 1 is 1.19 bits per heavy atom. The van der Waals surface area contributed by atoms with E-state index in [9.17, 15) is 13.6 Å². The number of halogens is 2. The molecular formula is C21H23F2N7O. The van der Waals surface area contributed by atoms with Crippen molar-refractivity contribution in [2.75, 3.05) is 41.9 Å². The average molecular weight is 427 g/mol. The molecule has 162 valence electrons. The zero-order valence-electron chi connectivity index (χ0n) is 17.3. The zero-order chi connectivity index (χ0) is 21.8. The summed E-state index contributed by atoms with van der Waals surface area (Å²) in [6, 6.07) is 4.31. The molecule has 8 nitrogen and oxygen atoms in total. The summed E-state index contributed by atoms with van der Waals surface area (Å²) in [6.07, 6.45) is 5.24. The van der Waals surface area contributed by atoms with Gasteiger partial charge in [-0.15, -0.1) is 0 Å². The van der Waals surface area contributed by atoms with E-state index < -0.39 is 11.6 Å². The van der Waals surface area contributed by atoms with Crippen LogP contribution in [0.1, 0.15) is 18.4 Å². The van der Waals surface area contributed by atoms with Gasteiger partial charge in [-0.2, -0.15) is 4.98 Å². The molecule has 1 saturated carbocycles. The first-order valence-corrected chi connectivity index (χ1v) is 10.2. The number of amides is 2. The molecule has 1 saturated heterocycles. The highest BCUT2D eigenvalue weighted by Crippen LogP contribution is 2.45. The van der Waals surface area contributed by atoms with Gasteiger partial charge in [-0.25, -0.2) is 18.6 Å². The largest absolute Gasteiger partial charge is 0.368 e. The lowest BCUT2D eigenvalue weighted by molar-refractivity contribution is 0.229. The summed E-state index contributed by atoms with van der Waals surface area (Å²) in [6.45, 7) is 3.07. The molecule has 0 atom stereocenters. The van der Waals surface area contributed by atoms with E-state index in [2.05, 4.69) is 20.6 Å². The molecule has 0 spiro atoms. The van der Waals surface area contributed by atoms with Crippen molar-refractivity contribution >= 4 is 23.5 Å². The molecule has 3 aliphatic rings. The maximum absolute atomic E-state index is 14.0. The van der Waals surface area contributed by atoms with Crippen molar-refractivity contribution in [1.82, 2.24) is 20.2 Å². The van der Waals surface area contributed by atoms with Gasteiger partial charge in [0.05, 0.1) is 17.9 Å². The lowest BCUT2D eigenvalue weighted by Crippen LogP contribution is -2.33. The van der Waals surface area contributed by atoms with Gasteiger partial charge in [0.2, 0.25) is 5.95 Å². The highest BCUT2D eigenvalue weighted by molar-refractivity contribution is 5.93. The molecule has 2 amide bonds. The van der Waals surface area contributed by atoms with E-state index in [0.717, 1.165) is 18.5 Å². The van der Waals surface area contributed by atoms with Crippen LogP contribution in [0.25, 0.3) is 0 Å². The predicted octanol–water partition coefficient (Wildman–Crippen LogP) is 2.79. The summed E-state index contributed by atoms with van der Waals surface area (Å²) in [7, 11) is 1.76. The molecule has 5 rings (SSSR count). The van der Waals surface area contributed by atoms with Crippen molar-refractivity contribution in [2.45, 2.75) is 25.3 Å². The molecule has 0 bridgehead atoms. The summed E-state index contributed by atoms with van der Waals surface area (Å²) in [5.74, 6) is -0.138. The van der Waals surface area contributed by atoms with Crippen molar-refractivity contribution in [2.24, 2.45) is 0 Å². The number of aromatic nitrogens is 2. The van der Waals surface area contributed by atoms with Crippen LogP contribution in [-0.4, -0.2) is 53.2 Å². The van der Waals surface area contributed by atoms with Gasteiger partial charge in [0.1, 0.15) is 17.5 Å². The fourth-order valence-corrected chi connectivity index (χ4v) is 3.89. The summed E-state index contributed by atoms with van der Waals surface area (Å²) < 4.78 is 27.9. The van der Waals surface area contributed by atoms with Crippen LogP contribution < -0.4 is 20.4 Å². The number of rotatable bonds is 5. The molecule has 2 N–H and O–H groups in total. The third-order valence-electron chi connectivity index (χ3n) is 6.07. The molecule has 1 aromatic carbocycles. The molecule has 0 radical (unpaired) electrons. The highest BCUT2D eigenvalue weighted by atomic mass is 19.1. The summed E-state index contributed by atoms with van der Waals surface area (Å²) in [5, 5.41) is 6.70. The first-order chi connectivity index (χ1) is 14.9. The van der Waals surface area contributed by atoms with Crippen molar-refractivity contribution < 1.29 is 13.6 Å². The summed E-state index contributed by atoms with van der Waals surface area (Å²) in [5.41, 5.74) is 1.02. The molecule has 3 heterocycles. The Bertz CT molecular complexity index is 1060. The number of nitrogens with one attached hydrogen (secondary N) is 2. The summed E-state index contributed by atoms with van der Waals surface area (Å²) in [4.78, 5) is 26.2. The van der Waals surface area contributed by atoms with Crippen molar-refractivity contribution in [3.8, 4) is 0 Å².